The Morgan fingerprint density at radius 3 is 3.00 bits per heavy atom. The standard InChI is InChI=1S/C12H23N5/c1-9(2)6-10-4-3-5-11(7-10)13-8-12-14-16-17-15-12/h9-11,13H,3-8H2,1-2H3,(H,14,15,16,17). The van der Waals surface area contributed by atoms with Crippen molar-refractivity contribution in [3.8, 4) is 0 Å². The second-order valence-corrected chi connectivity index (χ2v) is 5.57. The molecule has 2 N–H and O–H groups in total. The van der Waals surface area contributed by atoms with Gasteiger partial charge in [0, 0.05) is 6.04 Å². The number of aromatic amines is 1. The molecule has 1 aliphatic rings. The summed E-state index contributed by atoms with van der Waals surface area (Å²) in [6.07, 6.45) is 6.70. The Bertz CT molecular complexity index is 309. The van der Waals surface area contributed by atoms with Crippen LogP contribution in [0.2, 0.25) is 0 Å². The quantitative estimate of drug-likeness (QED) is 0.820. The zero-order valence-electron chi connectivity index (χ0n) is 10.8. The fourth-order valence-electron chi connectivity index (χ4n) is 2.85. The molecule has 1 aliphatic carbocycles. The van der Waals surface area contributed by atoms with Gasteiger partial charge in [0.05, 0.1) is 6.54 Å². The molecule has 2 atom stereocenters. The first-order valence-corrected chi connectivity index (χ1v) is 6.69. The molecule has 1 fully saturated rings. The number of aromatic nitrogens is 4. The monoisotopic (exact) mass is 237 g/mol. The van der Waals surface area contributed by atoms with Gasteiger partial charge in [-0.05, 0) is 31.1 Å². The topological polar surface area (TPSA) is 66.5 Å². The van der Waals surface area contributed by atoms with Gasteiger partial charge in [-0.15, -0.1) is 10.2 Å². The van der Waals surface area contributed by atoms with Crippen molar-refractivity contribution >= 4 is 0 Å². The molecule has 1 saturated carbocycles. The minimum absolute atomic E-state index is 0.631. The predicted octanol–water partition coefficient (Wildman–Crippen LogP) is 1.89. The van der Waals surface area contributed by atoms with Crippen molar-refractivity contribution in [2.75, 3.05) is 0 Å². The fourth-order valence-corrected chi connectivity index (χ4v) is 2.85. The average Bonchev–Trinajstić information content (AvgIpc) is 2.79. The van der Waals surface area contributed by atoms with Gasteiger partial charge in [-0.3, -0.25) is 0 Å². The molecule has 2 rings (SSSR count). The summed E-state index contributed by atoms with van der Waals surface area (Å²) in [4.78, 5) is 0. The van der Waals surface area contributed by atoms with Gasteiger partial charge in [-0.25, -0.2) is 0 Å². The first kappa shape index (κ1) is 12.5. The number of nitrogens with zero attached hydrogens (tertiary/aromatic N) is 3. The fraction of sp³-hybridized carbons (Fsp3) is 0.917. The van der Waals surface area contributed by atoms with Gasteiger partial charge >= 0.3 is 0 Å². The SMILES string of the molecule is CC(C)CC1CCCC(NCc2nn[nH]n2)C1. The highest BCUT2D eigenvalue weighted by atomic mass is 15.5. The van der Waals surface area contributed by atoms with Crippen molar-refractivity contribution in [2.45, 2.75) is 58.5 Å². The normalized spacial score (nSPS) is 25.4. The van der Waals surface area contributed by atoms with Gasteiger partial charge in [0.2, 0.25) is 0 Å². The van der Waals surface area contributed by atoms with Crippen LogP contribution in [0.3, 0.4) is 0 Å². The molecule has 0 aromatic carbocycles. The lowest BCUT2D eigenvalue weighted by molar-refractivity contribution is 0.251. The van der Waals surface area contributed by atoms with E-state index in [2.05, 4.69) is 39.8 Å². The Balaban J connectivity index is 1.73. The summed E-state index contributed by atoms with van der Waals surface area (Å²) in [7, 11) is 0. The first-order valence-electron chi connectivity index (χ1n) is 6.69. The summed E-state index contributed by atoms with van der Waals surface area (Å²) < 4.78 is 0. The number of hydrogen-bond acceptors (Lipinski definition) is 4. The van der Waals surface area contributed by atoms with Crippen LogP contribution >= 0.6 is 0 Å². The minimum Gasteiger partial charge on any atom is -0.307 e. The van der Waals surface area contributed by atoms with Crippen LogP contribution in [0, 0.1) is 11.8 Å². The third-order valence-electron chi connectivity index (χ3n) is 3.53. The van der Waals surface area contributed by atoms with Gasteiger partial charge in [-0.2, -0.15) is 5.21 Å². The molecular weight excluding hydrogens is 214 g/mol. The second kappa shape index (κ2) is 6.10. The van der Waals surface area contributed by atoms with Crippen molar-refractivity contribution in [1.29, 1.82) is 0 Å². The van der Waals surface area contributed by atoms with E-state index >= 15 is 0 Å². The van der Waals surface area contributed by atoms with Crippen molar-refractivity contribution in [3.63, 3.8) is 0 Å². The van der Waals surface area contributed by atoms with Gasteiger partial charge < -0.3 is 5.32 Å². The largest absolute Gasteiger partial charge is 0.307 e. The third-order valence-corrected chi connectivity index (χ3v) is 3.53. The highest BCUT2D eigenvalue weighted by Crippen LogP contribution is 2.29. The molecule has 0 aliphatic heterocycles. The Labute approximate surface area is 103 Å². The van der Waals surface area contributed by atoms with Crippen LogP contribution in [0.15, 0.2) is 0 Å². The highest BCUT2D eigenvalue weighted by Gasteiger charge is 2.22. The van der Waals surface area contributed by atoms with Crippen LogP contribution < -0.4 is 5.32 Å². The first-order chi connectivity index (χ1) is 8.24. The molecule has 1 heterocycles. The molecule has 0 bridgehead atoms. The van der Waals surface area contributed by atoms with Gasteiger partial charge in [0.15, 0.2) is 5.82 Å². The van der Waals surface area contributed by atoms with Crippen molar-refractivity contribution < 1.29 is 0 Å². The Morgan fingerprint density at radius 1 is 1.41 bits per heavy atom. The Morgan fingerprint density at radius 2 is 2.29 bits per heavy atom. The number of hydrogen-bond donors (Lipinski definition) is 2. The van der Waals surface area contributed by atoms with Crippen molar-refractivity contribution in [1.82, 2.24) is 25.9 Å². The molecular formula is C12H23N5. The lowest BCUT2D eigenvalue weighted by Gasteiger charge is -2.30. The van der Waals surface area contributed by atoms with E-state index in [1.54, 1.807) is 0 Å². The minimum atomic E-state index is 0.631. The van der Waals surface area contributed by atoms with E-state index in [0.29, 0.717) is 6.04 Å². The van der Waals surface area contributed by atoms with E-state index in [9.17, 15) is 0 Å². The molecule has 1 aromatic rings. The van der Waals surface area contributed by atoms with Crippen LogP contribution in [0.4, 0.5) is 0 Å². The van der Waals surface area contributed by atoms with E-state index in [0.717, 1.165) is 24.2 Å². The van der Waals surface area contributed by atoms with Gasteiger partial charge in [0.25, 0.3) is 0 Å². The summed E-state index contributed by atoms with van der Waals surface area (Å²) in [6.45, 7) is 5.36. The molecule has 0 amide bonds. The second-order valence-electron chi connectivity index (χ2n) is 5.57. The summed E-state index contributed by atoms with van der Waals surface area (Å²) in [5.74, 6) is 2.47. The molecule has 0 saturated heterocycles. The summed E-state index contributed by atoms with van der Waals surface area (Å²) in [5, 5.41) is 17.5. The molecule has 17 heavy (non-hydrogen) atoms. The van der Waals surface area contributed by atoms with Crippen LogP contribution in [-0.4, -0.2) is 26.7 Å². The molecule has 1 aromatic heterocycles. The van der Waals surface area contributed by atoms with E-state index in [1.807, 2.05) is 0 Å². The zero-order chi connectivity index (χ0) is 12.1. The third kappa shape index (κ3) is 4.07. The molecule has 2 unspecified atom stereocenters. The number of H-pyrrole nitrogens is 1. The Kier molecular flexibility index (Phi) is 4.48. The maximum atomic E-state index is 3.96. The molecule has 5 nitrogen and oxygen atoms in total. The van der Waals surface area contributed by atoms with Crippen molar-refractivity contribution in [3.05, 3.63) is 5.82 Å². The lowest BCUT2D eigenvalue weighted by Crippen LogP contribution is -2.34. The van der Waals surface area contributed by atoms with E-state index in [1.165, 1.54) is 32.1 Å². The molecule has 96 valence electrons. The molecule has 0 radical (unpaired) electrons. The van der Waals surface area contributed by atoms with E-state index in [-0.39, 0.29) is 0 Å². The van der Waals surface area contributed by atoms with Crippen LogP contribution in [-0.2, 0) is 6.54 Å². The van der Waals surface area contributed by atoms with Crippen LogP contribution in [0.1, 0.15) is 51.8 Å². The number of nitrogens with one attached hydrogen (secondary N) is 2. The predicted molar refractivity (Wildman–Crippen MR) is 66.2 cm³/mol. The van der Waals surface area contributed by atoms with Crippen LogP contribution in [0.25, 0.3) is 0 Å². The Hall–Kier alpha value is -0.970. The van der Waals surface area contributed by atoms with Gasteiger partial charge in [0.1, 0.15) is 0 Å². The number of tetrazole rings is 1. The maximum absolute atomic E-state index is 3.96. The highest BCUT2D eigenvalue weighted by molar-refractivity contribution is 4.82. The average molecular weight is 237 g/mol. The zero-order valence-corrected chi connectivity index (χ0v) is 10.8. The van der Waals surface area contributed by atoms with E-state index in [4.69, 9.17) is 0 Å². The lowest BCUT2D eigenvalue weighted by atomic mass is 9.81. The summed E-state index contributed by atoms with van der Waals surface area (Å²) >= 11 is 0. The maximum Gasteiger partial charge on any atom is 0.188 e. The molecule has 5 heteroatoms. The van der Waals surface area contributed by atoms with Gasteiger partial charge in [-0.1, -0.05) is 31.9 Å². The summed E-state index contributed by atoms with van der Waals surface area (Å²) in [5.41, 5.74) is 0. The van der Waals surface area contributed by atoms with Crippen molar-refractivity contribution in [2.24, 2.45) is 11.8 Å². The molecule has 0 spiro atoms. The summed E-state index contributed by atoms with van der Waals surface area (Å²) in [6, 6.07) is 0.631. The number of rotatable bonds is 5. The van der Waals surface area contributed by atoms with Crippen LogP contribution in [0.5, 0.6) is 0 Å². The smallest absolute Gasteiger partial charge is 0.188 e. The van der Waals surface area contributed by atoms with E-state index < -0.39 is 0 Å².